The van der Waals surface area contributed by atoms with Gasteiger partial charge in [0.05, 0.1) is 16.5 Å². The van der Waals surface area contributed by atoms with E-state index in [-0.39, 0.29) is 5.41 Å². The Morgan fingerprint density at radius 1 is 1.40 bits per heavy atom. The second-order valence-electron chi connectivity index (χ2n) is 4.02. The Kier molecular flexibility index (Phi) is 4.50. The quantitative estimate of drug-likeness (QED) is 0.729. The smallest absolute Gasteiger partial charge is 0.0684 e. The molecule has 0 aliphatic rings. The molecule has 1 aromatic rings. The van der Waals surface area contributed by atoms with Gasteiger partial charge in [0.1, 0.15) is 0 Å². The highest BCUT2D eigenvalue weighted by Gasteiger charge is 2.16. The summed E-state index contributed by atoms with van der Waals surface area (Å²) >= 11 is 7.73. The second kappa shape index (κ2) is 5.44. The lowest BCUT2D eigenvalue weighted by Gasteiger charge is -2.14. The van der Waals surface area contributed by atoms with Crippen molar-refractivity contribution < 1.29 is 0 Å². The number of nitriles is 1. The average Bonchev–Trinajstić information content (AvgIpc) is 2.21. The van der Waals surface area contributed by atoms with E-state index in [1.807, 2.05) is 38.1 Å². The number of hydrogen-bond donors (Lipinski definition) is 0. The van der Waals surface area contributed by atoms with Crippen molar-refractivity contribution in [3.63, 3.8) is 0 Å². The van der Waals surface area contributed by atoms with Crippen LogP contribution in [0.1, 0.15) is 20.3 Å². The molecule has 1 nitrogen and oxygen atoms in total. The first kappa shape index (κ1) is 12.4. The van der Waals surface area contributed by atoms with E-state index < -0.39 is 0 Å². The lowest BCUT2D eigenvalue weighted by molar-refractivity contribution is 0.482. The number of rotatable bonds is 4. The van der Waals surface area contributed by atoms with E-state index in [0.29, 0.717) is 0 Å². The molecule has 0 heterocycles. The first-order chi connectivity index (χ1) is 7.05. The number of nitrogens with zero attached hydrogens (tertiary/aromatic N) is 1. The molecule has 0 aliphatic carbocycles. The van der Waals surface area contributed by atoms with E-state index in [0.717, 1.165) is 22.1 Å². The zero-order chi connectivity index (χ0) is 11.3. The molecule has 0 aliphatic heterocycles. The van der Waals surface area contributed by atoms with Gasteiger partial charge < -0.3 is 0 Å². The van der Waals surface area contributed by atoms with Gasteiger partial charge in [0.15, 0.2) is 0 Å². The van der Waals surface area contributed by atoms with Crippen LogP contribution in [-0.4, -0.2) is 5.75 Å². The van der Waals surface area contributed by atoms with Gasteiger partial charge in [-0.15, -0.1) is 11.8 Å². The minimum Gasteiger partial charge on any atom is -0.198 e. The first-order valence-corrected chi connectivity index (χ1v) is 6.20. The highest BCUT2D eigenvalue weighted by atomic mass is 35.5. The van der Waals surface area contributed by atoms with Crippen molar-refractivity contribution in [3.05, 3.63) is 29.3 Å². The second-order valence-corrected chi connectivity index (χ2v) is 5.57. The molecule has 0 N–H and O–H groups in total. The molecular weight excluding hydrogens is 226 g/mol. The summed E-state index contributed by atoms with van der Waals surface area (Å²) in [4.78, 5) is 1.09. The lowest BCUT2D eigenvalue weighted by atomic mass is 9.93. The van der Waals surface area contributed by atoms with Gasteiger partial charge in [0, 0.05) is 4.90 Å². The number of hydrogen-bond acceptors (Lipinski definition) is 2. The molecule has 0 atom stereocenters. The molecule has 0 bridgehead atoms. The molecule has 0 amide bonds. The lowest BCUT2D eigenvalue weighted by Crippen LogP contribution is -2.08. The number of halogens is 1. The SMILES string of the molecule is CC(C)(C#N)CCSc1ccccc1Cl. The fourth-order valence-electron chi connectivity index (χ4n) is 1.03. The predicted octanol–water partition coefficient (Wildman–Crippen LogP) is 4.37. The van der Waals surface area contributed by atoms with Crippen LogP contribution in [0.3, 0.4) is 0 Å². The van der Waals surface area contributed by atoms with Crippen LogP contribution in [0.15, 0.2) is 29.2 Å². The Morgan fingerprint density at radius 3 is 2.67 bits per heavy atom. The number of benzene rings is 1. The van der Waals surface area contributed by atoms with E-state index in [4.69, 9.17) is 16.9 Å². The van der Waals surface area contributed by atoms with Crippen molar-refractivity contribution >= 4 is 23.4 Å². The Balaban J connectivity index is 2.46. The molecular formula is C12H14ClNS. The van der Waals surface area contributed by atoms with Crippen LogP contribution in [0.5, 0.6) is 0 Å². The highest BCUT2D eigenvalue weighted by molar-refractivity contribution is 7.99. The topological polar surface area (TPSA) is 23.8 Å². The summed E-state index contributed by atoms with van der Waals surface area (Å²) in [6.07, 6.45) is 0.874. The molecule has 1 rings (SSSR count). The van der Waals surface area contributed by atoms with Gasteiger partial charge in [-0.2, -0.15) is 5.26 Å². The largest absolute Gasteiger partial charge is 0.198 e. The van der Waals surface area contributed by atoms with Gasteiger partial charge in [0.2, 0.25) is 0 Å². The molecule has 0 saturated carbocycles. The van der Waals surface area contributed by atoms with E-state index in [2.05, 4.69) is 6.07 Å². The Hall–Kier alpha value is -0.650. The van der Waals surface area contributed by atoms with Gasteiger partial charge in [-0.3, -0.25) is 0 Å². The normalized spacial score (nSPS) is 11.1. The van der Waals surface area contributed by atoms with Gasteiger partial charge >= 0.3 is 0 Å². The maximum Gasteiger partial charge on any atom is 0.0684 e. The minimum absolute atomic E-state index is 0.242. The van der Waals surface area contributed by atoms with E-state index in [1.54, 1.807) is 11.8 Å². The van der Waals surface area contributed by atoms with Gasteiger partial charge in [0.25, 0.3) is 0 Å². The van der Waals surface area contributed by atoms with Gasteiger partial charge in [-0.05, 0) is 38.2 Å². The van der Waals surface area contributed by atoms with Crippen molar-refractivity contribution in [1.29, 1.82) is 5.26 Å². The van der Waals surface area contributed by atoms with Crippen LogP contribution in [0.25, 0.3) is 0 Å². The molecule has 0 unspecified atom stereocenters. The average molecular weight is 240 g/mol. The molecule has 0 fully saturated rings. The predicted molar refractivity (Wildman–Crippen MR) is 66.2 cm³/mol. The van der Waals surface area contributed by atoms with Crippen LogP contribution in [0.4, 0.5) is 0 Å². The molecule has 0 spiro atoms. The molecule has 3 heteroatoms. The summed E-state index contributed by atoms with van der Waals surface area (Å²) in [6, 6.07) is 10.1. The highest BCUT2D eigenvalue weighted by Crippen LogP contribution is 2.30. The van der Waals surface area contributed by atoms with Crippen molar-refractivity contribution in [2.75, 3.05) is 5.75 Å². The summed E-state index contributed by atoms with van der Waals surface area (Å²) in [5, 5.41) is 9.65. The summed E-state index contributed by atoms with van der Waals surface area (Å²) in [5.41, 5.74) is -0.242. The van der Waals surface area contributed by atoms with Crippen LogP contribution >= 0.6 is 23.4 Å². The monoisotopic (exact) mass is 239 g/mol. The molecule has 0 saturated heterocycles. The third-order valence-electron chi connectivity index (χ3n) is 2.12. The molecule has 80 valence electrons. The summed E-state index contributed by atoms with van der Waals surface area (Å²) in [5.74, 6) is 0.921. The van der Waals surface area contributed by atoms with Crippen LogP contribution < -0.4 is 0 Å². The fraction of sp³-hybridized carbons (Fsp3) is 0.417. The Morgan fingerprint density at radius 2 is 2.07 bits per heavy atom. The molecule has 1 aromatic carbocycles. The Bertz CT molecular complexity index is 368. The number of thioether (sulfide) groups is 1. The zero-order valence-corrected chi connectivity index (χ0v) is 10.5. The minimum atomic E-state index is -0.242. The Labute approximate surface area is 100 Å². The fourth-order valence-corrected chi connectivity index (χ4v) is 2.55. The van der Waals surface area contributed by atoms with Crippen LogP contribution in [0.2, 0.25) is 5.02 Å². The maximum absolute atomic E-state index is 8.86. The van der Waals surface area contributed by atoms with Crippen molar-refractivity contribution in [2.45, 2.75) is 25.2 Å². The van der Waals surface area contributed by atoms with Gasteiger partial charge in [-0.1, -0.05) is 23.7 Å². The third kappa shape index (κ3) is 4.15. The van der Waals surface area contributed by atoms with Crippen molar-refractivity contribution in [2.24, 2.45) is 5.41 Å². The van der Waals surface area contributed by atoms with Crippen LogP contribution in [-0.2, 0) is 0 Å². The van der Waals surface area contributed by atoms with Crippen molar-refractivity contribution in [1.82, 2.24) is 0 Å². The van der Waals surface area contributed by atoms with E-state index >= 15 is 0 Å². The molecule has 0 aromatic heterocycles. The van der Waals surface area contributed by atoms with E-state index in [9.17, 15) is 0 Å². The molecule has 15 heavy (non-hydrogen) atoms. The maximum atomic E-state index is 8.86. The molecule has 0 radical (unpaired) electrons. The first-order valence-electron chi connectivity index (χ1n) is 4.84. The zero-order valence-electron chi connectivity index (χ0n) is 8.96. The standard InChI is InChI=1S/C12H14ClNS/c1-12(2,9-14)7-8-15-11-6-4-3-5-10(11)13/h3-6H,7-8H2,1-2H3. The van der Waals surface area contributed by atoms with Crippen LogP contribution in [0, 0.1) is 16.7 Å². The van der Waals surface area contributed by atoms with E-state index in [1.165, 1.54) is 0 Å². The summed E-state index contributed by atoms with van der Waals surface area (Å²) < 4.78 is 0. The van der Waals surface area contributed by atoms with Gasteiger partial charge in [-0.25, -0.2) is 0 Å². The van der Waals surface area contributed by atoms with Crippen molar-refractivity contribution in [3.8, 4) is 6.07 Å². The summed E-state index contributed by atoms with van der Waals surface area (Å²) in [7, 11) is 0. The third-order valence-corrected chi connectivity index (χ3v) is 3.64. The summed E-state index contributed by atoms with van der Waals surface area (Å²) in [6.45, 7) is 3.92.